The van der Waals surface area contributed by atoms with Crippen molar-refractivity contribution in [2.45, 2.75) is 31.8 Å². The van der Waals surface area contributed by atoms with E-state index in [1.165, 1.54) is 6.33 Å². The van der Waals surface area contributed by atoms with Crippen LogP contribution >= 0.6 is 0 Å². The number of anilines is 1. The van der Waals surface area contributed by atoms with Crippen molar-refractivity contribution in [3.63, 3.8) is 0 Å². The molecular formula is C20H21N5O6. The molecule has 11 heteroatoms. The summed E-state index contributed by atoms with van der Waals surface area (Å²) in [6, 6.07) is 6.79. The maximum Gasteiger partial charge on any atom is 0.326 e. The summed E-state index contributed by atoms with van der Waals surface area (Å²) in [5, 5.41) is 30.5. The van der Waals surface area contributed by atoms with E-state index in [9.17, 15) is 19.5 Å². The zero-order chi connectivity index (χ0) is 22.5. The van der Waals surface area contributed by atoms with Crippen molar-refractivity contribution in [3.8, 4) is 17.3 Å². The molecule has 1 atom stereocenters. The maximum atomic E-state index is 12.3. The fourth-order valence-electron chi connectivity index (χ4n) is 3.03. The molecule has 0 aromatic heterocycles. The number of carbonyl (C=O) groups is 3. The molecule has 2 aliphatic rings. The average Bonchev–Trinajstić information content (AvgIpc) is 3.11. The number of fused-ring (bicyclic) bond motifs is 1. The van der Waals surface area contributed by atoms with E-state index in [2.05, 4.69) is 15.3 Å². The third-order valence-electron chi connectivity index (χ3n) is 4.71. The quantitative estimate of drug-likeness (QED) is 0.332. The highest BCUT2D eigenvalue weighted by Gasteiger charge is 2.21. The molecule has 162 valence electrons. The van der Waals surface area contributed by atoms with E-state index in [1.54, 1.807) is 34.9 Å². The third kappa shape index (κ3) is 5.26. The summed E-state index contributed by atoms with van der Waals surface area (Å²) >= 11 is 0. The number of hydrogen-bond donors (Lipinski definition) is 5. The summed E-state index contributed by atoms with van der Waals surface area (Å²) < 4.78 is 1.56. The lowest BCUT2D eigenvalue weighted by molar-refractivity contribution is -0.140. The molecule has 6 N–H and O–H groups in total. The minimum Gasteiger partial charge on any atom is -0.494 e. The first kappa shape index (κ1) is 21.6. The predicted octanol–water partition coefficient (Wildman–Crippen LogP) is 0.961. The van der Waals surface area contributed by atoms with Gasteiger partial charge in [-0.1, -0.05) is 12.1 Å². The van der Waals surface area contributed by atoms with Crippen molar-refractivity contribution in [3.05, 3.63) is 47.8 Å². The number of carbonyl (C=O) groups excluding carboxylic acids is 1. The number of nitrogen functional groups attached to an aromatic ring is 1. The summed E-state index contributed by atoms with van der Waals surface area (Å²) in [7, 11) is 0. The Hall–Kier alpha value is -4.15. The van der Waals surface area contributed by atoms with Crippen LogP contribution < -0.4 is 11.1 Å². The zero-order valence-corrected chi connectivity index (χ0v) is 16.4. The van der Waals surface area contributed by atoms with Gasteiger partial charge in [0, 0.05) is 18.5 Å². The number of aromatic nitrogens is 3. The number of amides is 1. The molecule has 0 radical (unpaired) electrons. The van der Waals surface area contributed by atoms with Gasteiger partial charge in [-0.25, -0.2) is 14.8 Å². The van der Waals surface area contributed by atoms with E-state index in [4.69, 9.17) is 15.9 Å². The number of benzene rings is 1. The number of rotatable bonds is 9. The maximum absolute atomic E-state index is 12.3. The van der Waals surface area contributed by atoms with Crippen LogP contribution in [-0.2, 0) is 22.6 Å². The molecule has 0 unspecified atom stereocenters. The fourth-order valence-corrected chi connectivity index (χ4v) is 3.03. The molecule has 0 saturated carbocycles. The summed E-state index contributed by atoms with van der Waals surface area (Å²) in [6.07, 6.45) is 1.43. The number of nitrogens with zero attached hydrogens (tertiary/aromatic N) is 3. The Kier molecular flexibility index (Phi) is 6.34. The second kappa shape index (κ2) is 9.11. The molecule has 2 aliphatic heterocycles. The fraction of sp³-hybridized carbons (Fsp3) is 0.250. The minimum atomic E-state index is -1.30. The van der Waals surface area contributed by atoms with Gasteiger partial charge < -0.3 is 30.9 Å². The van der Waals surface area contributed by atoms with Crippen LogP contribution in [0.5, 0.6) is 5.88 Å². The van der Waals surface area contributed by atoms with E-state index in [1.807, 2.05) is 0 Å². The van der Waals surface area contributed by atoms with Crippen LogP contribution in [0.2, 0.25) is 0 Å². The van der Waals surface area contributed by atoms with E-state index in [-0.39, 0.29) is 30.1 Å². The van der Waals surface area contributed by atoms with Gasteiger partial charge in [-0.3, -0.25) is 9.59 Å². The largest absolute Gasteiger partial charge is 0.494 e. The first-order valence-corrected chi connectivity index (χ1v) is 9.39. The van der Waals surface area contributed by atoms with E-state index in [0.29, 0.717) is 24.4 Å². The number of hydrogen-bond acceptors (Lipinski definition) is 7. The van der Waals surface area contributed by atoms with Gasteiger partial charge >= 0.3 is 11.9 Å². The van der Waals surface area contributed by atoms with Gasteiger partial charge in [0.15, 0.2) is 5.82 Å². The van der Waals surface area contributed by atoms with Crippen LogP contribution in [0, 0.1) is 0 Å². The molecule has 1 aromatic rings. The second-order valence-electron chi connectivity index (χ2n) is 6.92. The van der Waals surface area contributed by atoms with Crippen molar-refractivity contribution >= 4 is 23.7 Å². The lowest BCUT2D eigenvalue weighted by atomic mass is 10.1. The Labute approximate surface area is 176 Å². The van der Waals surface area contributed by atoms with Crippen LogP contribution in [0.25, 0.3) is 11.4 Å². The molecule has 0 saturated heterocycles. The lowest BCUT2D eigenvalue weighted by Crippen LogP contribution is -2.41. The molecular weight excluding hydrogens is 406 g/mol. The van der Waals surface area contributed by atoms with Gasteiger partial charge in [-0.15, -0.1) is 0 Å². The van der Waals surface area contributed by atoms with Crippen LogP contribution in [0.4, 0.5) is 5.82 Å². The smallest absolute Gasteiger partial charge is 0.326 e. The summed E-state index contributed by atoms with van der Waals surface area (Å²) in [4.78, 5) is 42.3. The van der Waals surface area contributed by atoms with Gasteiger partial charge in [0.2, 0.25) is 5.88 Å². The van der Waals surface area contributed by atoms with Crippen LogP contribution in [0.3, 0.4) is 0 Å². The second-order valence-corrected chi connectivity index (χ2v) is 6.92. The number of carboxylic acid groups (broad SMARTS) is 2. The minimum absolute atomic E-state index is 0.00581. The van der Waals surface area contributed by atoms with Crippen molar-refractivity contribution in [2.75, 3.05) is 5.73 Å². The highest BCUT2D eigenvalue weighted by molar-refractivity contribution is 5.96. The number of aliphatic carboxylic acids is 2. The van der Waals surface area contributed by atoms with Gasteiger partial charge in [0.05, 0.1) is 11.9 Å². The normalized spacial score (nSPS) is 11.9. The number of carboxylic acids is 2. The van der Waals surface area contributed by atoms with E-state index >= 15 is 0 Å². The molecule has 1 aromatic carbocycles. The molecule has 0 aliphatic carbocycles. The number of nitrogens with one attached hydrogen (secondary N) is 1. The van der Waals surface area contributed by atoms with Gasteiger partial charge in [0.25, 0.3) is 5.91 Å². The number of aryl methyl sites for hydroxylation is 2. The van der Waals surface area contributed by atoms with Crippen LogP contribution in [0.15, 0.2) is 36.7 Å². The van der Waals surface area contributed by atoms with E-state index < -0.39 is 23.9 Å². The number of nitrogens with two attached hydrogens (primary N) is 1. The Bertz CT molecular complexity index is 1080. The third-order valence-corrected chi connectivity index (χ3v) is 4.71. The van der Waals surface area contributed by atoms with Crippen molar-refractivity contribution in [1.29, 1.82) is 0 Å². The van der Waals surface area contributed by atoms with Gasteiger partial charge in [0.1, 0.15) is 11.9 Å². The lowest BCUT2D eigenvalue weighted by Gasteiger charge is -2.14. The van der Waals surface area contributed by atoms with Gasteiger partial charge in [-0.05, 0) is 36.6 Å². The van der Waals surface area contributed by atoms with Gasteiger partial charge in [-0.2, -0.15) is 0 Å². The molecule has 3 rings (SSSR count). The molecule has 0 fully saturated rings. The molecule has 0 spiro atoms. The summed E-state index contributed by atoms with van der Waals surface area (Å²) in [6.45, 7) is 0.418. The SMILES string of the molecule is Nc1cc2c(O)n(CCc3ccc(C(=O)N[C@@H](CCC(=O)O)C(=O)O)cc3)cnc-2n1. The van der Waals surface area contributed by atoms with E-state index in [0.717, 1.165) is 5.56 Å². The predicted molar refractivity (Wildman–Crippen MR) is 109 cm³/mol. The highest BCUT2D eigenvalue weighted by atomic mass is 16.4. The van der Waals surface area contributed by atoms with Crippen molar-refractivity contribution in [2.24, 2.45) is 0 Å². The average molecular weight is 427 g/mol. The molecule has 2 heterocycles. The topological polar surface area (TPSA) is 181 Å². The summed E-state index contributed by atoms with van der Waals surface area (Å²) in [5.41, 5.74) is 7.22. The molecule has 31 heavy (non-hydrogen) atoms. The summed E-state index contributed by atoms with van der Waals surface area (Å²) in [5.74, 6) is -2.39. The Balaban J connectivity index is 1.62. The zero-order valence-electron chi connectivity index (χ0n) is 16.4. The molecule has 1 amide bonds. The first-order valence-electron chi connectivity index (χ1n) is 9.39. The van der Waals surface area contributed by atoms with Crippen LogP contribution in [0.1, 0.15) is 28.8 Å². The first-order chi connectivity index (χ1) is 14.7. The number of aromatic hydroxyl groups is 1. The molecule has 0 bridgehead atoms. The van der Waals surface area contributed by atoms with Crippen molar-refractivity contribution < 1.29 is 29.7 Å². The Morgan fingerprint density at radius 3 is 2.52 bits per heavy atom. The Morgan fingerprint density at radius 2 is 1.87 bits per heavy atom. The highest BCUT2D eigenvalue weighted by Crippen LogP contribution is 2.30. The standard InChI is InChI=1S/C20H21N5O6/c21-15-9-13-17(24-15)22-10-25(19(13)29)8-7-11-1-3-12(4-2-11)18(28)23-14(20(30)31)5-6-16(26)27/h1-4,9-10,14,29H,5-8,21H2,(H,23,28)(H,26,27)(H,30,31)/t14-/m0/s1. The van der Waals surface area contributed by atoms with Crippen LogP contribution in [-0.4, -0.2) is 53.7 Å². The molecule has 11 nitrogen and oxygen atoms in total. The van der Waals surface area contributed by atoms with Crippen molar-refractivity contribution in [1.82, 2.24) is 19.9 Å². The monoisotopic (exact) mass is 427 g/mol. The Morgan fingerprint density at radius 1 is 1.16 bits per heavy atom.